The summed E-state index contributed by atoms with van der Waals surface area (Å²) in [6, 6.07) is 16.7. The molecule has 0 saturated carbocycles. The molecule has 0 amide bonds. The maximum Gasteiger partial charge on any atom is 0.332 e. The van der Waals surface area contributed by atoms with Crippen LogP contribution >= 0.6 is 0 Å². The van der Waals surface area contributed by atoms with Gasteiger partial charge in [-0.3, -0.25) is 14.6 Å². The molecule has 0 N–H and O–H groups in total. The van der Waals surface area contributed by atoms with Crippen LogP contribution in [0.15, 0.2) is 65.7 Å². The van der Waals surface area contributed by atoms with Crippen LogP contribution in [0.3, 0.4) is 0 Å². The number of hydrogen-bond donors (Lipinski definition) is 0. The van der Waals surface area contributed by atoms with E-state index in [0.29, 0.717) is 16.8 Å². The number of esters is 3. The van der Waals surface area contributed by atoms with E-state index in [0.717, 1.165) is 21.3 Å². The van der Waals surface area contributed by atoms with Gasteiger partial charge in [0.05, 0.1) is 27.0 Å². The van der Waals surface area contributed by atoms with E-state index in [-0.39, 0.29) is 0 Å². The second-order valence-corrected chi connectivity index (χ2v) is 6.32. The van der Waals surface area contributed by atoms with Crippen LogP contribution in [0, 0.1) is 5.41 Å². The highest BCUT2D eigenvalue weighted by Gasteiger charge is 2.55. The second kappa shape index (κ2) is 9.64. The van der Waals surface area contributed by atoms with Gasteiger partial charge in [0.1, 0.15) is 0 Å². The summed E-state index contributed by atoms with van der Waals surface area (Å²) in [7, 11) is 3.40. The highest BCUT2D eigenvalue weighted by molar-refractivity contribution is 6.14. The third-order valence-electron chi connectivity index (χ3n) is 4.54. The Morgan fingerprint density at radius 2 is 1.17 bits per heavy atom. The summed E-state index contributed by atoms with van der Waals surface area (Å²) in [4.78, 5) is 42.3. The Morgan fingerprint density at radius 3 is 1.52 bits per heavy atom. The standard InChI is InChI=1S/C22H23NO6/c1-22(20(25)28-3,21(26)29-4)18(19(24)27-2)23-17(15-11-7-5-8-12-15)16-13-9-6-10-14-16/h5-14,18H,1-4H3/t18-/m1/s1. The van der Waals surface area contributed by atoms with Crippen molar-refractivity contribution in [2.45, 2.75) is 13.0 Å². The number of nitrogens with zero attached hydrogens (tertiary/aromatic N) is 1. The van der Waals surface area contributed by atoms with Crippen molar-refractivity contribution in [2.75, 3.05) is 21.3 Å². The van der Waals surface area contributed by atoms with Crippen LogP contribution in [-0.4, -0.2) is 51.0 Å². The number of ether oxygens (including phenoxy) is 3. The Morgan fingerprint density at radius 1 is 0.759 bits per heavy atom. The van der Waals surface area contributed by atoms with Gasteiger partial charge in [0.15, 0.2) is 11.5 Å². The van der Waals surface area contributed by atoms with Crippen molar-refractivity contribution < 1.29 is 28.6 Å². The predicted molar refractivity (Wildman–Crippen MR) is 106 cm³/mol. The Hall–Kier alpha value is -3.48. The minimum atomic E-state index is -2.04. The first-order valence-electron chi connectivity index (χ1n) is 8.83. The molecule has 1 atom stereocenters. The van der Waals surface area contributed by atoms with Gasteiger partial charge in [0, 0.05) is 11.1 Å². The van der Waals surface area contributed by atoms with E-state index in [2.05, 4.69) is 4.99 Å². The maximum atomic E-state index is 12.7. The molecule has 0 bridgehead atoms. The molecule has 0 heterocycles. The highest BCUT2D eigenvalue weighted by atomic mass is 16.6. The molecule has 0 fully saturated rings. The lowest BCUT2D eigenvalue weighted by Gasteiger charge is -2.28. The molecule has 0 spiro atoms. The number of hydrogen-bond acceptors (Lipinski definition) is 7. The third kappa shape index (κ3) is 4.51. The zero-order chi connectivity index (χ0) is 21.4. The molecule has 2 rings (SSSR count). The van der Waals surface area contributed by atoms with Crippen molar-refractivity contribution in [1.82, 2.24) is 0 Å². The Kier molecular flexibility index (Phi) is 7.25. The van der Waals surface area contributed by atoms with E-state index in [1.165, 1.54) is 6.92 Å². The molecule has 0 saturated heterocycles. The molecule has 7 heteroatoms. The Labute approximate surface area is 169 Å². The first kappa shape index (κ1) is 21.8. The van der Waals surface area contributed by atoms with Gasteiger partial charge in [-0.05, 0) is 6.92 Å². The quantitative estimate of drug-likeness (QED) is 0.308. The topological polar surface area (TPSA) is 91.3 Å². The van der Waals surface area contributed by atoms with Crippen LogP contribution in [0.4, 0.5) is 0 Å². The van der Waals surface area contributed by atoms with Gasteiger partial charge in [0.25, 0.3) is 0 Å². The first-order valence-corrected chi connectivity index (χ1v) is 8.83. The predicted octanol–water partition coefficient (Wildman–Crippen LogP) is 2.42. The fourth-order valence-electron chi connectivity index (χ4n) is 2.90. The minimum absolute atomic E-state index is 0.417. The van der Waals surface area contributed by atoms with Crippen molar-refractivity contribution >= 4 is 23.6 Å². The fraction of sp³-hybridized carbons (Fsp3) is 0.273. The molecule has 152 valence electrons. The van der Waals surface area contributed by atoms with Crippen molar-refractivity contribution in [3.8, 4) is 0 Å². The summed E-state index contributed by atoms with van der Waals surface area (Å²) in [5, 5.41) is 0. The monoisotopic (exact) mass is 397 g/mol. The van der Waals surface area contributed by atoms with Crippen LogP contribution in [0.5, 0.6) is 0 Å². The lowest BCUT2D eigenvalue weighted by atomic mass is 9.81. The molecule has 0 aliphatic heterocycles. The smallest absolute Gasteiger partial charge is 0.332 e. The average molecular weight is 397 g/mol. The van der Waals surface area contributed by atoms with Crippen LogP contribution in [0.1, 0.15) is 18.1 Å². The van der Waals surface area contributed by atoms with Gasteiger partial charge in [-0.1, -0.05) is 60.7 Å². The van der Waals surface area contributed by atoms with Crippen LogP contribution in [0.25, 0.3) is 0 Å². The van der Waals surface area contributed by atoms with Gasteiger partial charge in [-0.2, -0.15) is 0 Å². The van der Waals surface area contributed by atoms with Crippen molar-refractivity contribution in [3.05, 3.63) is 71.8 Å². The van der Waals surface area contributed by atoms with Crippen molar-refractivity contribution in [2.24, 2.45) is 10.4 Å². The van der Waals surface area contributed by atoms with E-state index in [9.17, 15) is 14.4 Å². The first-order chi connectivity index (χ1) is 13.9. The molecule has 0 aromatic heterocycles. The maximum absolute atomic E-state index is 12.7. The number of methoxy groups -OCH3 is 3. The lowest BCUT2D eigenvalue weighted by Crippen LogP contribution is -2.51. The number of benzene rings is 2. The summed E-state index contributed by atoms with van der Waals surface area (Å²) in [6.07, 6.45) is 0. The number of carbonyl (C=O) groups excluding carboxylic acids is 3. The number of carbonyl (C=O) groups is 3. The second-order valence-electron chi connectivity index (χ2n) is 6.32. The molecular formula is C22H23NO6. The van der Waals surface area contributed by atoms with E-state index >= 15 is 0 Å². The van der Waals surface area contributed by atoms with E-state index < -0.39 is 29.4 Å². The molecule has 2 aromatic carbocycles. The van der Waals surface area contributed by atoms with Crippen LogP contribution in [0.2, 0.25) is 0 Å². The molecule has 0 aliphatic rings. The van der Waals surface area contributed by atoms with Crippen LogP contribution < -0.4 is 0 Å². The Bertz CT molecular complexity index is 835. The Balaban J connectivity index is 2.77. The van der Waals surface area contributed by atoms with Gasteiger partial charge in [-0.25, -0.2) is 4.79 Å². The van der Waals surface area contributed by atoms with Crippen LogP contribution in [-0.2, 0) is 28.6 Å². The van der Waals surface area contributed by atoms with Gasteiger partial charge >= 0.3 is 17.9 Å². The number of aliphatic imine (C=N–C) groups is 1. The van der Waals surface area contributed by atoms with Gasteiger partial charge in [-0.15, -0.1) is 0 Å². The SMILES string of the molecule is COC(=O)[C@@H](N=C(c1ccccc1)c1ccccc1)C(C)(C(=O)OC)C(=O)OC. The zero-order valence-electron chi connectivity index (χ0n) is 16.7. The molecule has 0 unspecified atom stereocenters. The molecule has 0 radical (unpaired) electrons. The molecular weight excluding hydrogens is 374 g/mol. The molecule has 29 heavy (non-hydrogen) atoms. The van der Waals surface area contributed by atoms with Gasteiger partial charge < -0.3 is 14.2 Å². The normalized spacial score (nSPS) is 11.7. The van der Waals surface area contributed by atoms with Gasteiger partial charge in [0.2, 0.25) is 0 Å². The summed E-state index contributed by atoms with van der Waals surface area (Å²) < 4.78 is 14.4. The van der Waals surface area contributed by atoms with Crippen molar-refractivity contribution in [1.29, 1.82) is 0 Å². The summed E-state index contributed by atoms with van der Waals surface area (Å²) in [6.45, 7) is 1.25. The lowest BCUT2D eigenvalue weighted by molar-refractivity contribution is -0.174. The average Bonchev–Trinajstić information content (AvgIpc) is 2.78. The third-order valence-corrected chi connectivity index (χ3v) is 4.54. The molecule has 0 aliphatic carbocycles. The highest BCUT2D eigenvalue weighted by Crippen LogP contribution is 2.30. The largest absolute Gasteiger partial charge is 0.468 e. The minimum Gasteiger partial charge on any atom is -0.468 e. The summed E-state index contributed by atoms with van der Waals surface area (Å²) >= 11 is 0. The molecule has 7 nitrogen and oxygen atoms in total. The van der Waals surface area contributed by atoms with Crippen molar-refractivity contribution in [3.63, 3.8) is 0 Å². The van der Waals surface area contributed by atoms with E-state index in [1.54, 1.807) is 0 Å². The number of rotatable bonds is 7. The van der Waals surface area contributed by atoms with E-state index in [1.807, 2.05) is 60.7 Å². The van der Waals surface area contributed by atoms with E-state index in [4.69, 9.17) is 14.2 Å². The zero-order valence-corrected chi connectivity index (χ0v) is 16.7. The molecule has 2 aromatic rings. The summed E-state index contributed by atoms with van der Waals surface area (Å²) in [5.74, 6) is -2.78. The summed E-state index contributed by atoms with van der Waals surface area (Å²) in [5.41, 5.74) is -0.221. The fourth-order valence-corrected chi connectivity index (χ4v) is 2.90.